The predicted octanol–water partition coefficient (Wildman–Crippen LogP) is 3.16. The Hall–Kier alpha value is -0.610. The maximum absolute atomic E-state index is 13.9. The lowest BCUT2D eigenvalue weighted by atomic mass is 9.77. The second-order valence-electron chi connectivity index (χ2n) is 8.30. The highest BCUT2D eigenvalue weighted by atomic mass is 127. The molecular formula is C16H22F8INO8S. The van der Waals surface area contributed by atoms with Gasteiger partial charge in [-0.2, -0.15) is 43.5 Å². The van der Waals surface area contributed by atoms with Crippen LogP contribution in [0.5, 0.6) is 0 Å². The van der Waals surface area contributed by atoms with Crippen molar-refractivity contribution in [3.8, 4) is 0 Å². The zero-order chi connectivity index (χ0) is 27.8. The zero-order valence-electron chi connectivity index (χ0n) is 18.3. The highest BCUT2D eigenvalue weighted by molar-refractivity contribution is 14.1. The van der Waals surface area contributed by atoms with E-state index in [1.807, 2.05) is 0 Å². The van der Waals surface area contributed by atoms with E-state index in [0.717, 1.165) is 7.11 Å². The smallest absolute Gasteiger partial charge is 0.460 e. The Kier molecular flexibility index (Phi) is 9.85. The van der Waals surface area contributed by atoms with Crippen LogP contribution in [0.25, 0.3) is 0 Å². The van der Waals surface area contributed by atoms with Gasteiger partial charge in [-0.25, -0.2) is 4.74 Å². The highest BCUT2D eigenvalue weighted by Crippen LogP contribution is 2.50. The van der Waals surface area contributed by atoms with Crippen LogP contribution >= 0.6 is 22.6 Å². The third kappa shape index (κ3) is 7.94. The number of ether oxygens (including phenoxy) is 3. The molecule has 0 aliphatic heterocycles. The normalized spacial score (nSPS) is 22.3. The summed E-state index contributed by atoms with van der Waals surface area (Å²) < 4.78 is 140. The summed E-state index contributed by atoms with van der Waals surface area (Å²) >= 11 is -0.363. The van der Waals surface area contributed by atoms with Gasteiger partial charge in [-0.1, -0.05) is 0 Å². The molecule has 0 amide bonds. The van der Waals surface area contributed by atoms with Gasteiger partial charge < -0.3 is 14.6 Å². The first-order chi connectivity index (χ1) is 15.4. The Bertz CT molecular complexity index is 859. The van der Waals surface area contributed by atoms with Gasteiger partial charge in [-0.3, -0.25) is 14.3 Å². The van der Waals surface area contributed by atoms with Crippen molar-refractivity contribution in [2.24, 2.45) is 5.92 Å². The second-order valence-corrected chi connectivity index (χ2v) is 11.3. The summed E-state index contributed by atoms with van der Waals surface area (Å²) in [6, 6.07) is -1.38. The molecule has 2 N–H and O–H groups in total. The number of halogens is 9. The molecule has 0 heterocycles. The van der Waals surface area contributed by atoms with Crippen LogP contribution in [0, 0.1) is 5.92 Å². The molecule has 0 aromatic heterocycles. The van der Waals surface area contributed by atoms with Crippen molar-refractivity contribution in [2.75, 3.05) is 7.11 Å². The Balaban J connectivity index is 2.92. The molecule has 208 valence electrons. The molecule has 1 aliphatic carbocycles. The first-order valence-electron chi connectivity index (χ1n) is 9.40. The van der Waals surface area contributed by atoms with E-state index in [1.165, 1.54) is 0 Å². The van der Waals surface area contributed by atoms with E-state index < -0.39 is 80.4 Å². The van der Waals surface area contributed by atoms with Gasteiger partial charge in [0.05, 0.1) is 18.8 Å². The van der Waals surface area contributed by atoms with E-state index in [-0.39, 0.29) is 22.6 Å². The number of methoxy groups -OCH3 is 1. The van der Waals surface area contributed by atoms with Gasteiger partial charge in [0.1, 0.15) is 6.04 Å². The van der Waals surface area contributed by atoms with E-state index in [1.54, 1.807) is 20.8 Å². The topological polar surface area (TPSA) is 120 Å². The van der Waals surface area contributed by atoms with E-state index >= 15 is 0 Å². The molecule has 9 nitrogen and oxygen atoms in total. The summed E-state index contributed by atoms with van der Waals surface area (Å²) in [5.74, 6) is -1.92. The molecule has 19 heteroatoms. The zero-order valence-corrected chi connectivity index (χ0v) is 21.3. The summed E-state index contributed by atoms with van der Waals surface area (Å²) in [5.41, 5.74) is -0.886. The number of carbonyl (C=O) groups is 1. The van der Waals surface area contributed by atoms with Gasteiger partial charge >= 0.3 is 37.5 Å². The van der Waals surface area contributed by atoms with E-state index in [2.05, 4.69) is 19.0 Å². The average Bonchev–Trinajstić information content (AvgIpc) is 2.58. The summed E-state index contributed by atoms with van der Waals surface area (Å²) in [4.78, 5) is 12.0. The molecule has 2 atom stereocenters. The van der Waals surface area contributed by atoms with Gasteiger partial charge in [-0.15, -0.1) is 0 Å². The minimum Gasteiger partial charge on any atom is -0.468 e. The van der Waals surface area contributed by atoms with Crippen LogP contribution in [-0.2, 0) is 33.3 Å². The molecule has 0 spiro atoms. The van der Waals surface area contributed by atoms with Crippen molar-refractivity contribution in [3.63, 3.8) is 0 Å². The standard InChI is InChI=1S/C16H22F8INO8S/c1-12(2,3)32-11(28)26-9(10(27)31-4)7-5-8(6-7)33-35(29,30)16(23,24)15(21,22)34-14(19,20)13(17,18)25/h7-9,11,26,28H,5-6H2,1-4H3/t7?,8?,9-,11?/m1/s1. The summed E-state index contributed by atoms with van der Waals surface area (Å²) in [5, 5.41) is 5.69. The Labute approximate surface area is 208 Å². The Morgan fingerprint density at radius 1 is 1.03 bits per heavy atom. The molecule has 35 heavy (non-hydrogen) atoms. The molecule has 1 unspecified atom stereocenters. The molecule has 0 aromatic rings. The van der Waals surface area contributed by atoms with Crippen LogP contribution in [0.15, 0.2) is 0 Å². The quantitative estimate of drug-likeness (QED) is 0.0808. The van der Waals surface area contributed by atoms with Gasteiger partial charge in [0.25, 0.3) is 0 Å². The van der Waals surface area contributed by atoms with Crippen molar-refractivity contribution < 1.29 is 71.8 Å². The molecule has 1 rings (SSSR count). The minimum absolute atomic E-state index is 0.363. The van der Waals surface area contributed by atoms with Crippen molar-refractivity contribution in [3.05, 3.63) is 0 Å². The fourth-order valence-corrected chi connectivity index (χ4v) is 3.75. The van der Waals surface area contributed by atoms with Crippen molar-refractivity contribution in [1.82, 2.24) is 5.32 Å². The number of hydrogen-bond acceptors (Lipinski definition) is 9. The maximum Gasteiger partial charge on any atom is 0.460 e. The molecule has 1 aliphatic rings. The SMILES string of the molecule is COC(=O)[C@H](NC(O)OC(C)(C)C)C1CC(OS(=O)(=O)C(F)(F)C(F)(F)OC(F)(F)C(F)(F)I)C1. The lowest BCUT2D eigenvalue weighted by molar-refractivity contribution is -0.439. The van der Waals surface area contributed by atoms with Crippen LogP contribution in [0.1, 0.15) is 33.6 Å². The fourth-order valence-electron chi connectivity index (χ4n) is 2.67. The number of alkyl halides is 9. The Morgan fingerprint density at radius 2 is 1.51 bits per heavy atom. The number of nitrogens with one attached hydrogen (secondary N) is 1. The Morgan fingerprint density at radius 3 is 1.91 bits per heavy atom. The van der Waals surface area contributed by atoms with E-state index in [0.29, 0.717) is 0 Å². The van der Waals surface area contributed by atoms with E-state index in [4.69, 9.17) is 4.74 Å². The van der Waals surface area contributed by atoms with Crippen LogP contribution in [-0.4, -0.2) is 72.2 Å². The number of aliphatic hydroxyl groups is 1. The third-order valence-electron chi connectivity index (χ3n) is 4.35. The minimum atomic E-state index is -6.72. The first-order valence-corrected chi connectivity index (χ1v) is 11.9. The monoisotopic (exact) mass is 667 g/mol. The molecule has 0 saturated heterocycles. The molecule has 1 saturated carbocycles. The highest BCUT2D eigenvalue weighted by Gasteiger charge is 2.74. The van der Waals surface area contributed by atoms with Crippen molar-refractivity contribution in [2.45, 2.75) is 79.2 Å². The van der Waals surface area contributed by atoms with Crippen LogP contribution in [0.3, 0.4) is 0 Å². The van der Waals surface area contributed by atoms with E-state index in [9.17, 15) is 53.4 Å². The second kappa shape index (κ2) is 10.6. The molecule has 1 fully saturated rings. The summed E-state index contributed by atoms with van der Waals surface area (Å²) in [6.45, 7) is 4.67. The molecule has 0 bridgehead atoms. The van der Waals surface area contributed by atoms with Gasteiger partial charge in [0.2, 0.25) is 6.41 Å². The largest absolute Gasteiger partial charge is 0.468 e. The lowest BCUT2D eigenvalue weighted by Crippen LogP contribution is -2.57. The van der Waals surface area contributed by atoms with Gasteiger partial charge in [0.15, 0.2) is 0 Å². The number of aliphatic hydroxyl groups excluding tert-OH is 1. The lowest BCUT2D eigenvalue weighted by Gasteiger charge is -2.40. The first kappa shape index (κ1) is 32.4. The van der Waals surface area contributed by atoms with Crippen molar-refractivity contribution in [1.29, 1.82) is 0 Å². The van der Waals surface area contributed by atoms with Gasteiger partial charge in [0, 0.05) is 22.6 Å². The number of rotatable bonds is 12. The summed E-state index contributed by atoms with van der Waals surface area (Å²) in [7, 11) is -5.76. The van der Waals surface area contributed by atoms with Crippen LogP contribution in [0.4, 0.5) is 35.1 Å². The third-order valence-corrected chi connectivity index (χ3v) is 6.37. The number of carbonyl (C=O) groups excluding carboxylic acids is 1. The molecule has 0 aromatic carbocycles. The van der Waals surface area contributed by atoms with Crippen LogP contribution in [0.2, 0.25) is 0 Å². The van der Waals surface area contributed by atoms with Gasteiger partial charge in [-0.05, 0) is 39.5 Å². The summed E-state index contributed by atoms with van der Waals surface area (Å²) in [6.07, 6.45) is -17.4. The molecular weight excluding hydrogens is 645 g/mol. The molecule has 0 radical (unpaired) electrons. The van der Waals surface area contributed by atoms with Crippen LogP contribution < -0.4 is 5.32 Å². The predicted molar refractivity (Wildman–Crippen MR) is 107 cm³/mol. The average molecular weight is 667 g/mol. The maximum atomic E-state index is 13.9. The fraction of sp³-hybridized carbons (Fsp3) is 0.938. The number of hydrogen-bond donors (Lipinski definition) is 2. The van der Waals surface area contributed by atoms with Crippen molar-refractivity contribution >= 4 is 38.7 Å². The number of esters is 1.